The highest BCUT2D eigenvalue weighted by Gasteiger charge is 2.07. The first-order valence-electron chi connectivity index (χ1n) is 4.84. The third-order valence-electron chi connectivity index (χ3n) is 2.01. The van der Waals surface area contributed by atoms with Gasteiger partial charge in [0.15, 0.2) is 0 Å². The summed E-state index contributed by atoms with van der Waals surface area (Å²) in [7, 11) is 0. The van der Waals surface area contributed by atoms with E-state index in [1.165, 1.54) is 6.08 Å². The molecule has 2 N–H and O–H groups in total. The number of amides is 1. The zero-order valence-corrected chi connectivity index (χ0v) is 8.52. The zero-order valence-electron chi connectivity index (χ0n) is 8.52. The van der Waals surface area contributed by atoms with Crippen molar-refractivity contribution in [3.63, 3.8) is 0 Å². The lowest BCUT2D eigenvalue weighted by Gasteiger charge is -2.11. The Bertz CT molecular complexity index is 322. The molecule has 3 heteroatoms. The number of rotatable bonds is 5. The minimum atomic E-state index is -0.653. The number of aliphatic hydroxyl groups is 1. The summed E-state index contributed by atoms with van der Waals surface area (Å²) in [5.41, 5.74) is 0.802. The molecule has 0 aliphatic rings. The third-order valence-corrected chi connectivity index (χ3v) is 2.01. The van der Waals surface area contributed by atoms with E-state index >= 15 is 0 Å². The smallest absolute Gasteiger partial charge is 0.223 e. The summed E-state index contributed by atoms with van der Waals surface area (Å²) >= 11 is 0. The second-order valence-electron chi connectivity index (χ2n) is 3.22. The number of hydrogen-bond donors (Lipinski definition) is 2. The van der Waals surface area contributed by atoms with Crippen LogP contribution in [0.25, 0.3) is 0 Å². The number of carbonyl (C=O) groups is 1. The number of nitrogens with one attached hydrogen (secondary N) is 1. The van der Waals surface area contributed by atoms with Gasteiger partial charge in [-0.15, -0.1) is 6.58 Å². The van der Waals surface area contributed by atoms with Crippen LogP contribution in [0.2, 0.25) is 0 Å². The molecule has 0 aromatic heterocycles. The molecule has 0 saturated carbocycles. The van der Waals surface area contributed by atoms with Gasteiger partial charge in [0.2, 0.25) is 5.91 Å². The standard InChI is InChI=1S/C12H15NO2/c1-2-6-12(15)13-9-11(14)10-7-4-3-5-8-10/h2-5,7-8,11,14H,1,6,9H2,(H,13,15). The molecule has 1 atom stereocenters. The Hall–Kier alpha value is -1.61. The Labute approximate surface area is 89.4 Å². The van der Waals surface area contributed by atoms with Crippen LogP contribution in [-0.2, 0) is 4.79 Å². The minimum absolute atomic E-state index is 0.125. The highest BCUT2D eigenvalue weighted by atomic mass is 16.3. The molecule has 15 heavy (non-hydrogen) atoms. The first-order valence-corrected chi connectivity index (χ1v) is 4.84. The molecule has 3 nitrogen and oxygen atoms in total. The Morgan fingerprint density at radius 1 is 1.47 bits per heavy atom. The molecule has 0 bridgehead atoms. The number of hydrogen-bond acceptors (Lipinski definition) is 2. The van der Waals surface area contributed by atoms with Crippen LogP contribution in [0.5, 0.6) is 0 Å². The lowest BCUT2D eigenvalue weighted by molar-refractivity contribution is -0.120. The molecular weight excluding hydrogens is 190 g/mol. The van der Waals surface area contributed by atoms with E-state index in [1.807, 2.05) is 30.3 Å². The largest absolute Gasteiger partial charge is 0.387 e. The van der Waals surface area contributed by atoms with Crippen LogP contribution >= 0.6 is 0 Å². The molecule has 1 aromatic rings. The average molecular weight is 205 g/mol. The van der Waals surface area contributed by atoms with Gasteiger partial charge >= 0.3 is 0 Å². The van der Waals surface area contributed by atoms with E-state index in [9.17, 15) is 9.90 Å². The van der Waals surface area contributed by atoms with Crippen molar-refractivity contribution >= 4 is 5.91 Å². The maximum absolute atomic E-state index is 11.1. The van der Waals surface area contributed by atoms with Crippen molar-refractivity contribution in [1.82, 2.24) is 5.32 Å². The predicted octanol–water partition coefficient (Wildman–Crippen LogP) is 1.41. The molecule has 0 saturated heterocycles. The van der Waals surface area contributed by atoms with Gasteiger partial charge < -0.3 is 10.4 Å². The van der Waals surface area contributed by atoms with E-state index in [-0.39, 0.29) is 18.9 Å². The molecule has 1 aromatic carbocycles. The Morgan fingerprint density at radius 3 is 2.73 bits per heavy atom. The summed E-state index contributed by atoms with van der Waals surface area (Å²) in [6.45, 7) is 3.70. The summed E-state index contributed by atoms with van der Waals surface area (Å²) in [4.78, 5) is 11.1. The van der Waals surface area contributed by atoms with Gasteiger partial charge in [0.05, 0.1) is 6.10 Å². The number of benzene rings is 1. The lowest BCUT2D eigenvalue weighted by atomic mass is 10.1. The van der Waals surface area contributed by atoms with Crippen LogP contribution < -0.4 is 5.32 Å². The van der Waals surface area contributed by atoms with Crippen LogP contribution in [0.4, 0.5) is 0 Å². The first-order chi connectivity index (χ1) is 7.24. The fourth-order valence-corrected chi connectivity index (χ4v) is 1.21. The summed E-state index contributed by atoms with van der Waals surface area (Å²) in [5.74, 6) is -0.125. The van der Waals surface area contributed by atoms with Gasteiger partial charge in [0.25, 0.3) is 0 Å². The van der Waals surface area contributed by atoms with Crippen molar-refractivity contribution < 1.29 is 9.90 Å². The van der Waals surface area contributed by atoms with Gasteiger partial charge in [-0.1, -0.05) is 36.4 Å². The third kappa shape index (κ3) is 3.95. The summed E-state index contributed by atoms with van der Waals surface area (Å²) < 4.78 is 0. The molecule has 0 heterocycles. The quantitative estimate of drug-likeness (QED) is 0.714. The van der Waals surface area contributed by atoms with Gasteiger partial charge in [-0.05, 0) is 5.56 Å². The van der Waals surface area contributed by atoms with Crippen molar-refractivity contribution in [2.75, 3.05) is 6.54 Å². The van der Waals surface area contributed by atoms with E-state index < -0.39 is 6.10 Å². The Kier molecular flexibility index (Phi) is 4.57. The molecular formula is C12H15NO2. The highest BCUT2D eigenvalue weighted by Crippen LogP contribution is 2.10. The van der Waals surface area contributed by atoms with E-state index in [0.717, 1.165) is 5.56 Å². The van der Waals surface area contributed by atoms with Crippen LogP contribution in [0.15, 0.2) is 43.0 Å². The summed E-state index contributed by atoms with van der Waals surface area (Å²) in [5, 5.41) is 12.3. The second-order valence-corrected chi connectivity index (χ2v) is 3.22. The van der Waals surface area contributed by atoms with Gasteiger partial charge in [-0.25, -0.2) is 0 Å². The van der Waals surface area contributed by atoms with Crippen LogP contribution in [0.3, 0.4) is 0 Å². The fraction of sp³-hybridized carbons (Fsp3) is 0.250. The van der Waals surface area contributed by atoms with E-state index in [1.54, 1.807) is 0 Å². The topological polar surface area (TPSA) is 49.3 Å². The number of aliphatic hydroxyl groups excluding tert-OH is 1. The van der Waals surface area contributed by atoms with Crippen molar-refractivity contribution in [3.8, 4) is 0 Å². The first kappa shape index (κ1) is 11.5. The summed E-state index contributed by atoms with van der Waals surface area (Å²) in [6.07, 6.45) is 1.16. The lowest BCUT2D eigenvalue weighted by Crippen LogP contribution is -2.27. The van der Waals surface area contributed by atoms with Crippen molar-refractivity contribution in [2.45, 2.75) is 12.5 Å². The predicted molar refractivity (Wildman–Crippen MR) is 59.2 cm³/mol. The summed E-state index contributed by atoms with van der Waals surface area (Å²) in [6, 6.07) is 9.23. The van der Waals surface area contributed by atoms with Crippen LogP contribution in [0, 0.1) is 0 Å². The normalized spacial score (nSPS) is 11.8. The Balaban J connectivity index is 2.40. The maximum Gasteiger partial charge on any atom is 0.223 e. The molecule has 0 fully saturated rings. The molecule has 1 rings (SSSR count). The van der Waals surface area contributed by atoms with Gasteiger partial charge in [0.1, 0.15) is 0 Å². The Morgan fingerprint density at radius 2 is 2.13 bits per heavy atom. The van der Waals surface area contributed by atoms with Crippen LogP contribution in [0.1, 0.15) is 18.1 Å². The fourth-order valence-electron chi connectivity index (χ4n) is 1.21. The zero-order chi connectivity index (χ0) is 11.1. The molecule has 0 aliphatic heterocycles. The molecule has 0 spiro atoms. The molecule has 80 valence electrons. The van der Waals surface area contributed by atoms with Crippen molar-refractivity contribution in [2.24, 2.45) is 0 Å². The van der Waals surface area contributed by atoms with Crippen molar-refractivity contribution in [1.29, 1.82) is 0 Å². The van der Waals surface area contributed by atoms with Gasteiger partial charge in [0, 0.05) is 13.0 Å². The van der Waals surface area contributed by atoms with Crippen LogP contribution in [-0.4, -0.2) is 17.6 Å². The van der Waals surface area contributed by atoms with E-state index in [2.05, 4.69) is 11.9 Å². The molecule has 0 radical (unpaired) electrons. The minimum Gasteiger partial charge on any atom is -0.387 e. The molecule has 0 aliphatic carbocycles. The maximum atomic E-state index is 11.1. The average Bonchev–Trinajstić information content (AvgIpc) is 2.27. The SMILES string of the molecule is C=CCC(=O)NCC(O)c1ccccc1. The molecule has 1 amide bonds. The van der Waals surface area contributed by atoms with Gasteiger partial charge in [-0.2, -0.15) is 0 Å². The monoisotopic (exact) mass is 205 g/mol. The van der Waals surface area contributed by atoms with E-state index in [0.29, 0.717) is 0 Å². The highest BCUT2D eigenvalue weighted by molar-refractivity contribution is 5.77. The van der Waals surface area contributed by atoms with E-state index in [4.69, 9.17) is 0 Å². The van der Waals surface area contributed by atoms with Crippen molar-refractivity contribution in [3.05, 3.63) is 48.6 Å². The number of carbonyl (C=O) groups excluding carboxylic acids is 1. The van der Waals surface area contributed by atoms with Gasteiger partial charge in [-0.3, -0.25) is 4.79 Å². The molecule has 1 unspecified atom stereocenters. The second kappa shape index (κ2) is 5.98.